The van der Waals surface area contributed by atoms with Gasteiger partial charge in [-0.2, -0.15) is 0 Å². The summed E-state index contributed by atoms with van der Waals surface area (Å²) >= 11 is 5.91. The molecular weight excluding hydrogens is 396 g/mol. The van der Waals surface area contributed by atoms with Crippen molar-refractivity contribution < 1.29 is 28.3 Å². The van der Waals surface area contributed by atoms with Crippen molar-refractivity contribution >= 4 is 27.5 Å². The van der Waals surface area contributed by atoms with Crippen molar-refractivity contribution in [3.63, 3.8) is 0 Å². The van der Waals surface area contributed by atoms with E-state index in [2.05, 4.69) is 0 Å². The molecule has 1 aromatic rings. The van der Waals surface area contributed by atoms with Crippen molar-refractivity contribution in [3.8, 4) is 0 Å². The average molecular weight is 419 g/mol. The van der Waals surface area contributed by atoms with Crippen LogP contribution in [0.2, 0.25) is 5.02 Å². The Morgan fingerprint density at radius 2 is 1.85 bits per heavy atom. The summed E-state index contributed by atoms with van der Waals surface area (Å²) in [7, 11) is -3.95. The monoisotopic (exact) mass is 418 g/mol. The molecule has 0 aliphatic carbocycles. The Labute approximate surface area is 163 Å². The van der Waals surface area contributed by atoms with Gasteiger partial charge in [-0.3, -0.25) is 10.0 Å². The van der Waals surface area contributed by atoms with Crippen LogP contribution < -0.4 is 5.48 Å². The number of hydroxylamine groups is 1. The molecule has 0 aromatic heterocycles. The lowest BCUT2D eigenvalue weighted by atomic mass is 9.90. The number of ether oxygens (including phenoxy) is 1. The molecule has 2 atom stereocenters. The first-order valence-corrected chi connectivity index (χ1v) is 10.7. The van der Waals surface area contributed by atoms with Crippen molar-refractivity contribution in [2.24, 2.45) is 0 Å². The number of hydrogen-bond acceptors (Lipinski definition) is 6. The minimum Gasteiger partial charge on any atom is -0.378 e. The zero-order chi connectivity index (χ0) is 19.7. The highest BCUT2D eigenvalue weighted by atomic mass is 35.5. The van der Waals surface area contributed by atoms with Crippen molar-refractivity contribution in [1.29, 1.82) is 0 Å². The van der Waals surface area contributed by atoms with Crippen molar-refractivity contribution in [2.75, 3.05) is 26.3 Å². The number of nitrogens with zero attached hydrogens (tertiary/aromatic N) is 1. The predicted molar refractivity (Wildman–Crippen MR) is 98.0 cm³/mol. The van der Waals surface area contributed by atoms with Gasteiger partial charge in [0.15, 0.2) is 5.60 Å². The van der Waals surface area contributed by atoms with Gasteiger partial charge in [-0.1, -0.05) is 23.7 Å². The van der Waals surface area contributed by atoms with E-state index in [1.807, 2.05) is 24.3 Å². The van der Waals surface area contributed by atoms with E-state index in [0.29, 0.717) is 31.0 Å². The fourth-order valence-electron chi connectivity index (χ4n) is 3.81. The first-order valence-electron chi connectivity index (χ1n) is 8.78. The van der Waals surface area contributed by atoms with Crippen LogP contribution in [0.4, 0.5) is 0 Å². The van der Waals surface area contributed by atoms with Crippen LogP contribution in [0.3, 0.4) is 0 Å². The summed E-state index contributed by atoms with van der Waals surface area (Å²) in [6.45, 7) is 0.226. The third-order valence-electron chi connectivity index (χ3n) is 5.39. The number of rotatable bonds is 4. The lowest BCUT2D eigenvalue weighted by Crippen LogP contribution is -2.64. The largest absolute Gasteiger partial charge is 0.378 e. The van der Waals surface area contributed by atoms with E-state index in [1.165, 1.54) is 9.79 Å². The highest BCUT2D eigenvalue weighted by Gasteiger charge is 2.54. The zero-order valence-electron chi connectivity index (χ0n) is 14.7. The van der Waals surface area contributed by atoms with Crippen LogP contribution in [-0.4, -0.2) is 66.1 Å². The molecule has 2 heterocycles. The van der Waals surface area contributed by atoms with E-state index in [1.54, 1.807) is 0 Å². The Bertz CT molecular complexity index is 779. The fourth-order valence-corrected chi connectivity index (χ4v) is 6.08. The van der Waals surface area contributed by atoms with E-state index >= 15 is 0 Å². The molecule has 150 valence electrons. The molecule has 2 unspecified atom stereocenters. The second kappa shape index (κ2) is 8.02. The van der Waals surface area contributed by atoms with Gasteiger partial charge in [0.1, 0.15) is 5.25 Å². The minimum atomic E-state index is -3.95. The highest BCUT2D eigenvalue weighted by Crippen LogP contribution is 2.34. The Kier molecular flexibility index (Phi) is 6.09. The quantitative estimate of drug-likeness (QED) is 0.493. The van der Waals surface area contributed by atoms with Gasteiger partial charge < -0.3 is 9.84 Å². The molecule has 2 saturated heterocycles. The third-order valence-corrected chi connectivity index (χ3v) is 8.07. The lowest BCUT2D eigenvalue weighted by molar-refractivity contribution is -0.161. The molecule has 0 spiro atoms. The summed E-state index contributed by atoms with van der Waals surface area (Å²) in [5.74, 6) is -0.949. The number of amides is 1. The Morgan fingerprint density at radius 3 is 2.44 bits per heavy atom. The summed E-state index contributed by atoms with van der Waals surface area (Å²) < 4.78 is 32.6. The smallest absolute Gasteiger partial charge is 0.279 e. The molecule has 8 nitrogen and oxygen atoms in total. The normalized spacial score (nSPS) is 28.0. The second-order valence-corrected chi connectivity index (χ2v) is 9.52. The SMILES string of the molecule is O=C(NO)C1(O)COCCC1S(=O)(=O)N1CCC(c2ccc(Cl)cc2)CC1. The van der Waals surface area contributed by atoms with E-state index in [4.69, 9.17) is 21.5 Å². The molecule has 3 N–H and O–H groups in total. The molecule has 2 aliphatic rings. The number of halogens is 1. The first kappa shape index (κ1) is 20.5. The molecule has 1 amide bonds. The maximum absolute atomic E-state index is 13.1. The predicted octanol–water partition coefficient (Wildman–Crippen LogP) is 0.875. The first-order chi connectivity index (χ1) is 12.8. The molecule has 0 saturated carbocycles. The van der Waals surface area contributed by atoms with E-state index < -0.39 is 33.4 Å². The Morgan fingerprint density at radius 1 is 1.22 bits per heavy atom. The molecule has 27 heavy (non-hydrogen) atoms. The molecule has 2 fully saturated rings. The van der Waals surface area contributed by atoms with Crippen LogP contribution in [-0.2, 0) is 19.6 Å². The summed E-state index contributed by atoms with van der Waals surface area (Å²) in [5, 5.41) is 18.8. The molecule has 2 aliphatic heterocycles. The van der Waals surface area contributed by atoms with Gasteiger partial charge in [-0.15, -0.1) is 0 Å². The Hall–Kier alpha value is -1.23. The Balaban J connectivity index is 1.74. The maximum atomic E-state index is 13.1. The number of benzene rings is 1. The van der Waals surface area contributed by atoms with Crippen LogP contribution in [0, 0.1) is 0 Å². The van der Waals surface area contributed by atoms with Crippen LogP contribution in [0.15, 0.2) is 24.3 Å². The summed E-state index contributed by atoms with van der Waals surface area (Å²) in [4.78, 5) is 11.9. The van der Waals surface area contributed by atoms with Gasteiger partial charge in [0.25, 0.3) is 5.91 Å². The average Bonchev–Trinajstić information content (AvgIpc) is 2.68. The number of aliphatic hydroxyl groups is 1. The van der Waals surface area contributed by atoms with Gasteiger partial charge in [0, 0.05) is 24.7 Å². The molecule has 0 radical (unpaired) electrons. The summed E-state index contributed by atoms with van der Waals surface area (Å²) in [6.07, 6.45) is 1.24. The van der Waals surface area contributed by atoms with E-state index in [-0.39, 0.29) is 18.9 Å². The third kappa shape index (κ3) is 3.98. The maximum Gasteiger partial charge on any atom is 0.279 e. The van der Waals surface area contributed by atoms with Crippen LogP contribution in [0.25, 0.3) is 0 Å². The minimum absolute atomic E-state index is 0.0244. The van der Waals surface area contributed by atoms with E-state index in [0.717, 1.165) is 5.56 Å². The van der Waals surface area contributed by atoms with Crippen LogP contribution in [0.1, 0.15) is 30.7 Å². The second-order valence-electron chi connectivity index (χ2n) is 6.96. The van der Waals surface area contributed by atoms with Crippen molar-refractivity contribution in [1.82, 2.24) is 9.79 Å². The number of nitrogens with one attached hydrogen (secondary N) is 1. The van der Waals surface area contributed by atoms with E-state index in [9.17, 15) is 18.3 Å². The van der Waals surface area contributed by atoms with Gasteiger partial charge in [0.2, 0.25) is 10.0 Å². The number of hydrogen-bond donors (Lipinski definition) is 3. The van der Waals surface area contributed by atoms with Crippen molar-refractivity contribution in [3.05, 3.63) is 34.9 Å². The molecule has 10 heteroatoms. The standard InChI is InChI=1S/C17H23ClN2O6S/c18-14-3-1-12(2-4-14)13-5-8-20(9-6-13)27(24,25)15-7-10-26-11-17(15,22)16(21)19-23/h1-4,13,15,22-23H,5-11H2,(H,19,21). The summed E-state index contributed by atoms with van der Waals surface area (Å²) in [6, 6.07) is 7.52. The van der Waals surface area contributed by atoms with Crippen molar-refractivity contribution in [2.45, 2.75) is 36.0 Å². The lowest BCUT2D eigenvalue weighted by Gasteiger charge is -2.41. The highest BCUT2D eigenvalue weighted by molar-refractivity contribution is 7.89. The van der Waals surface area contributed by atoms with Gasteiger partial charge in [0.05, 0.1) is 6.61 Å². The zero-order valence-corrected chi connectivity index (χ0v) is 16.2. The molecule has 3 rings (SSSR count). The van der Waals surface area contributed by atoms with Crippen LogP contribution >= 0.6 is 11.6 Å². The number of carbonyl (C=O) groups is 1. The topological polar surface area (TPSA) is 116 Å². The number of piperidine rings is 1. The number of sulfonamides is 1. The fraction of sp³-hybridized carbons (Fsp3) is 0.588. The number of carbonyl (C=O) groups excluding carboxylic acids is 1. The van der Waals surface area contributed by atoms with Gasteiger partial charge in [-0.05, 0) is 42.9 Å². The van der Waals surface area contributed by atoms with Gasteiger partial charge in [-0.25, -0.2) is 18.2 Å². The molecular formula is C17H23ClN2O6S. The molecule has 1 aromatic carbocycles. The summed E-state index contributed by atoms with van der Waals surface area (Å²) in [5.41, 5.74) is 0.140. The van der Waals surface area contributed by atoms with Gasteiger partial charge >= 0.3 is 0 Å². The molecule has 0 bridgehead atoms. The van der Waals surface area contributed by atoms with Crippen LogP contribution in [0.5, 0.6) is 0 Å².